The summed E-state index contributed by atoms with van der Waals surface area (Å²) in [6.07, 6.45) is 25.8. The van der Waals surface area contributed by atoms with Crippen molar-refractivity contribution >= 4 is 5.97 Å². The van der Waals surface area contributed by atoms with Crippen LogP contribution in [0.5, 0.6) is 0 Å². The van der Waals surface area contributed by atoms with Gasteiger partial charge < -0.3 is 9.90 Å². The Balaban J connectivity index is 1.78. The van der Waals surface area contributed by atoms with Crippen LogP contribution in [-0.4, -0.2) is 15.9 Å². The van der Waals surface area contributed by atoms with Crippen molar-refractivity contribution in [3.8, 4) is 11.3 Å². The summed E-state index contributed by atoms with van der Waals surface area (Å²) in [6, 6.07) is 5.45. The van der Waals surface area contributed by atoms with E-state index in [0.29, 0.717) is 5.56 Å². The summed E-state index contributed by atoms with van der Waals surface area (Å²) in [4.78, 5) is 20.8. The SMILES string of the molecule is CCCCCCCCCCCCc1cnc(-c2ccc(C(=O)[O-])c(CCCCCCCC)c2)cn1. The maximum atomic E-state index is 11.6. The smallest absolute Gasteiger partial charge is 0.0885 e. The molecule has 0 aliphatic heterocycles. The molecule has 0 bridgehead atoms. The van der Waals surface area contributed by atoms with E-state index in [4.69, 9.17) is 0 Å². The molecule has 35 heavy (non-hydrogen) atoms. The molecule has 2 rings (SSSR count). The number of carboxylic acids is 1. The minimum Gasteiger partial charge on any atom is -0.545 e. The number of carbonyl (C=O) groups is 1. The van der Waals surface area contributed by atoms with Crippen LogP contribution in [0.3, 0.4) is 0 Å². The zero-order valence-corrected chi connectivity index (χ0v) is 22.3. The molecule has 0 unspecified atom stereocenters. The normalized spacial score (nSPS) is 11.1. The molecule has 0 atom stereocenters. The lowest BCUT2D eigenvalue weighted by Gasteiger charge is -2.13. The van der Waals surface area contributed by atoms with Gasteiger partial charge in [0.15, 0.2) is 0 Å². The van der Waals surface area contributed by atoms with Gasteiger partial charge in [0.1, 0.15) is 0 Å². The van der Waals surface area contributed by atoms with Gasteiger partial charge in [-0.15, -0.1) is 0 Å². The highest BCUT2D eigenvalue weighted by atomic mass is 16.4. The van der Waals surface area contributed by atoms with Crippen molar-refractivity contribution < 1.29 is 9.90 Å². The number of carbonyl (C=O) groups excluding carboxylic acids is 1. The maximum Gasteiger partial charge on any atom is 0.0885 e. The number of carboxylic acid groups (broad SMARTS) is 1. The van der Waals surface area contributed by atoms with Crippen molar-refractivity contribution in [2.24, 2.45) is 0 Å². The number of aryl methyl sites for hydroxylation is 2. The quantitative estimate of drug-likeness (QED) is 0.181. The maximum absolute atomic E-state index is 11.6. The summed E-state index contributed by atoms with van der Waals surface area (Å²) in [6.45, 7) is 4.48. The van der Waals surface area contributed by atoms with Crippen molar-refractivity contribution in [1.82, 2.24) is 9.97 Å². The molecule has 1 aromatic carbocycles. The lowest BCUT2D eigenvalue weighted by Crippen LogP contribution is -2.23. The molecule has 0 saturated carbocycles. The van der Waals surface area contributed by atoms with Gasteiger partial charge in [0.05, 0.1) is 23.6 Å². The van der Waals surface area contributed by atoms with Crippen molar-refractivity contribution in [3.05, 3.63) is 47.4 Å². The van der Waals surface area contributed by atoms with E-state index < -0.39 is 5.97 Å². The predicted octanol–water partition coefficient (Wildman–Crippen LogP) is 7.87. The van der Waals surface area contributed by atoms with E-state index in [9.17, 15) is 9.90 Å². The minimum atomic E-state index is -1.10. The Morgan fingerprint density at radius 2 is 1.23 bits per heavy atom. The zero-order chi connectivity index (χ0) is 25.1. The summed E-state index contributed by atoms with van der Waals surface area (Å²) in [7, 11) is 0. The van der Waals surface area contributed by atoms with Crippen molar-refractivity contribution in [2.75, 3.05) is 0 Å². The fourth-order valence-electron chi connectivity index (χ4n) is 4.68. The largest absolute Gasteiger partial charge is 0.545 e. The molecule has 0 fully saturated rings. The first kappa shape index (κ1) is 29.0. The van der Waals surface area contributed by atoms with Crippen LogP contribution >= 0.6 is 0 Å². The molecular formula is C31H47N2O2-. The second kappa shape index (κ2) is 18.1. The highest BCUT2D eigenvalue weighted by molar-refractivity contribution is 5.88. The number of nitrogens with zero attached hydrogens (tertiary/aromatic N) is 2. The van der Waals surface area contributed by atoms with Gasteiger partial charge in [-0.05, 0) is 37.3 Å². The van der Waals surface area contributed by atoms with Crippen LogP contribution in [0, 0.1) is 0 Å². The number of hydrogen-bond acceptors (Lipinski definition) is 4. The summed E-state index contributed by atoms with van der Waals surface area (Å²) in [5, 5.41) is 11.6. The molecular weight excluding hydrogens is 432 g/mol. The number of unbranched alkanes of at least 4 members (excludes halogenated alkanes) is 14. The van der Waals surface area contributed by atoms with Crippen LogP contribution in [0.25, 0.3) is 11.3 Å². The van der Waals surface area contributed by atoms with E-state index in [1.54, 1.807) is 6.07 Å². The summed E-state index contributed by atoms with van der Waals surface area (Å²) in [5.74, 6) is -1.10. The highest BCUT2D eigenvalue weighted by Crippen LogP contribution is 2.23. The van der Waals surface area contributed by atoms with Crippen molar-refractivity contribution in [3.63, 3.8) is 0 Å². The molecule has 194 valence electrons. The van der Waals surface area contributed by atoms with Crippen LogP contribution in [0.1, 0.15) is 138 Å². The third-order valence-corrected chi connectivity index (χ3v) is 6.91. The molecule has 4 heteroatoms. The van der Waals surface area contributed by atoms with E-state index in [0.717, 1.165) is 54.6 Å². The Morgan fingerprint density at radius 3 is 1.74 bits per heavy atom. The standard InChI is InChI=1S/C31H48N2O2/c1-3-5-7-9-11-12-13-14-16-18-20-28-24-33-30(25-32-28)27-21-22-29(31(34)35)26(23-27)19-17-15-10-8-6-4-2/h21-25H,3-20H2,1-2H3,(H,34,35)/p-1. The Morgan fingerprint density at radius 1 is 0.686 bits per heavy atom. The third-order valence-electron chi connectivity index (χ3n) is 6.91. The Hall–Kier alpha value is -2.23. The van der Waals surface area contributed by atoms with Gasteiger partial charge >= 0.3 is 0 Å². The second-order valence-electron chi connectivity index (χ2n) is 10.0. The van der Waals surface area contributed by atoms with Gasteiger partial charge in [0.2, 0.25) is 0 Å². The number of hydrogen-bond donors (Lipinski definition) is 0. The van der Waals surface area contributed by atoms with Crippen LogP contribution in [0.4, 0.5) is 0 Å². The molecule has 1 aromatic heterocycles. The van der Waals surface area contributed by atoms with Gasteiger partial charge in [-0.1, -0.05) is 116 Å². The lowest BCUT2D eigenvalue weighted by molar-refractivity contribution is -0.255. The summed E-state index contributed by atoms with van der Waals surface area (Å²) < 4.78 is 0. The van der Waals surface area contributed by atoms with E-state index in [1.807, 2.05) is 24.5 Å². The fraction of sp³-hybridized carbons (Fsp3) is 0.645. The van der Waals surface area contributed by atoms with Crippen molar-refractivity contribution in [2.45, 2.75) is 129 Å². The number of benzene rings is 1. The highest BCUT2D eigenvalue weighted by Gasteiger charge is 2.08. The summed E-state index contributed by atoms with van der Waals surface area (Å²) >= 11 is 0. The third kappa shape index (κ3) is 11.8. The fourth-order valence-corrected chi connectivity index (χ4v) is 4.68. The summed E-state index contributed by atoms with van der Waals surface area (Å²) in [5.41, 5.74) is 3.90. The van der Waals surface area contributed by atoms with Gasteiger partial charge in [0.25, 0.3) is 0 Å². The molecule has 0 saturated heterocycles. The van der Waals surface area contributed by atoms with Crippen LogP contribution < -0.4 is 5.11 Å². The molecule has 2 aromatic rings. The van der Waals surface area contributed by atoms with E-state index >= 15 is 0 Å². The molecule has 0 N–H and O–H groups in total. The van der Waals surface area contributed by atoms with Crippen LogP contribution in [0.15, 0.2) is 30.6 Å². The average Bonchev–Trinajstić information content (AvgIpc) is 2.87. The number of aromatic carboxylic acids is 1. The van der Waals surface area contributed by atoms with Crippen LogP contribution in [0.2, 0.25) is 0 Å². The second-order valence-corrected chi connectivity index (χ2v) is 10.0. The number of rotatable bonds is 20. The Bertz CT molecular complexity index is 832. The first-order chi connectivity index (χ1) is 17.2. The first-order valence-corrected chi connectivity index (χ1v) is 14.3. The average molecular weight is 480 g/mol. The topological polar surface area (TPSA) is 65.9 Å². The molecule has 0 aliphatic carbocycles. The monoisotopic (exact) mass is 479 g/mol. The molecule has 4 nitrogen and oxygen atoms in total. The van der Waals surface area contributed by atoms with E-state index in [-0.39, 0.29) is 0 Å². The zero-order valence-electron chi connectivity index (χ0n) is 22.3. The molecule has 1 heterocycles. The lowest BCUT2D eigenvalue weighted by atomic mass is 9.97. The minimum absolute atomic E-state index is 0.299. The predicted molar refractivity (Wildman–Crippen MR) is 144 cm³/mol. The first-order valence-electron chi connectivity index (χ1n) is 14.3. The molecule has 0 spiro atoms. The van der Waals surface area contributed by atoms with Gasteiger partial charge in [-0.3, -0.25) is 9.97 Å². The van der Waals surface area contributed by atoms with E-state index in [1.165, 1.54) is 83.5 Å². The van der Waals surface area contributed by atoms with Gasteiger partial charge in [-0.25, -0.2) is 0 Å². The number of aromatic nitrogens is 2. The van der Waals surface area contributed by atoms with Gasteiger partial charge in [-0.2, -0.15) is 0 Å². The Labute approximate surface area is 214 Å². The van der Waals surface area contributed by atoms with E-state index in [2.05, 4.69) is 23.8 Å². The molecule has 0 radical (unpaired) electrons. The Kier molecular flexibility index (Phi) is 15.0. The molecule has 0 amide bonds. The van der Waals surface area contributed by atoms with Crippen LogP contribution in [-0.2, 0) is 12.8 Å². The van der Waals surface area contributed by atoms with Gasteiger partial charge in [0, 0.05) is 17.3 Å². The van der Waals surface area contributed by atoms with Crippen molar-refractivity contribution in [1.29, 1.82) is 0 Å². The molecule has 0 aliphatic rings.